The second-order valence-corrected chi connectivity index (χ2v) is 9.17. The number of hydrogen-bond acceptors (Lipinski definition) is 5. The summed E-state index contributed by atoms with van der Waals surface area (Å²) in [6.07, 6.45) is 1.01. The summed E-state index contributed by atoms with van der Waals surface area (Å²) in [5.74, 6) is -0.104. The second kappa shape index (κ2) is 9.62. The third-order valence-corrected chi connectivity index (χ3v) is 5.13. The van der Waals surface area contributed by atoms with Gasteiger partial charge in [0.15, 0.2) is 0 Å². The van der Waals surface area contributed by atoms with Crippen LogP contribution >= 0.6 is 0 Å². The van der Waals surface area contributed by atoms with E-state index in [9.17, 15) is 18.0 Å². The van der Waals surface area contributed by atoms with E-state index in [1.807, 2.05) is 13.8 Å². The Morgan fingerprint density at radius 1 is 1.07 bits per heavy atom. The van der Waals surface area contributed by atoms with Crippen molar-refractivity contribution in [3.8, 4) is 5.75 Å². The number of carbonyl (C=O) groups is 2. The molecular formula is C21H27N3O5S. The molecule has 0 spiro atoms. The predicted molar refractivity (Wildman–Crippen MR) is 117 cm³/mol. The first-order chi connectivity index (χ1) is 14.0. The molecule has 8 nitrogen and oxygen atoms in total. The molecule has 0 unspecified atom stereocenters. The van der Waals surface area contributed by atoms with E-state index in [2.05, 4.69) is 5.32 Å². The maximum absolute atomic E-state index is 12.5. The molecule has 0 fully saturated rings. The van der Waals surface area contributed by atoms with Crippen LogP contribution in [0.1, 0.15) is 24.2 Å². The fourth-order valence-corrected chi connectivity index (χ4v) is 3.54. The molecule has 162 valence electrons. The quantitative estimate of drug-likeness (QED) is 0.690. The highest BCUT2D eigenvalue weighted by Gasteiger charge is 2.21. The van der Waals surface area contributed by atoms with Gasteiger partial charge in [0.25, 0.3) is 5.91 Å². The fourth-order valence-electron chi connectivity index (χ4n) is 2.68. The Morgan fingerprint density at radius 2 is 1.70 bits per heavy atom. The number of carbonyl (C=O) groups excluding carboxylic acids is 2. The molecule has 0 heterocycles. The van der Waals surface area contributed by atoms with Crippen molar-refractivity contribution in [1.82, 2.24) is 4.90 Å². The van der Waals surface area contributed by atoms with Crippen molar-refractivity contribution in [1.29, 1.82) is 0 Å². The van der Waals surface area contributed by atoms with Gasteiger partial charge in [0.1, 0.15) is 12.3 Å². The van der Waals surface area contributed by atoms with Crippen molar-refractivity contribution in [3.05, 3.63) is 54.1 Å². The van der Waals surface area contributed by atoms with Gasteiger partial charge in [-0.15, -0.1) is 0 Å². The number of amides is 2. The third-order valence-electron chi connectivity index (χ3n) is 3.99. The Morgan fingerprint density at radius 3 is 2.23 bits per heavy atom. The number of sulfonamides is 1. The minimum absolute atomic E-state index is 0.0148. The molecule has 0 aliphatic carbocycles. The molecule has 2 rings (SSSR count). The van der Waals surface area contributed by atoms with Crippen LogP contribution in [0.3, 0.4) is 0 Å². The van der Waals surface area contributed by atoms with Crippen LogP contribution in [0, 0.1) is 0 Å². The van der Waals surface area contributed by atoms with Crippen molar-refractivity contribution in [2.45, 2.75) is 20.0 Å². The molecule has 2 amide bonds. The van der Waals surface area contributed by atoms with Crippen LogP contribution < -0.4 is 14.4 Å². The van der Waals surface area contributed by atoms with E-state index < -0.39 is 22.5 Å². The minimum atomic E-state index is -3.73. The fraction of sp³-hybridized carbons (Fsp3) is 0.333. The van der Waals surface area contributed by atoms with Gasteiger partial charge in [-0.1, -0.05) is 6.07 Å². The molecule has 2 aromatic rings. The molecule has 0 atom stereocenters. The summed E-state index contributed by atoms with van der Waals surface area (Å²) in [6, 6.07) is 12.9. The normalized spacial score (nSPS) is 11.1. The standard InChI is InChI=1S/C21H27N3O5S/c1-15(2)29-19-8-6-7-17(13-19)22-20(25)14-24(30(5,27)28)18-11-9-16(10-12-18)21(26)23(3)4/h6-13,15H,14H2,1-5H3,(H,22,25). The molecule has 0 saturated heterocycles. The Labute approximate surface area is 177 Å². The van der Waals surface area contributed by atoms with Gasteiger partial charge in [-0.05, 0) is 50.2 Å². The number of rotatable bonds is 8. The van der Waals surface area contributed by atoms with Crippen molar-refractivity contribution in [3.63, 3.8) is 0 Å². The number of benzene rings is 2. The van der Waals surface area contributed by atoms with Crippen LogP contribution in [0.15, 0.2) is 48.5 Å². The number of anilines is 2. The van der Waals surface area contributed by atoms with Crippen molar-refractivity contribution in [2.75, 3.05) is 36.5 Å². The van der Waals surface area contributed by atoms with Gasteiger partial charge in [-0.3, -0.25) is 13.9 Å². The van der Waals surface area contributed by atoms with Crippen molar-refractivity contribution in [2.24, 2.45) is 0 Å². The topological polar surface area (TPSA) is 96.0 Å². The molecule has 0 radical (unpaired) electrons. The average molecular weight is 434 g/mol. The monoisotopic (exact) mass is 433 g/mol. The maximum Gasteiger partial charge on any atom is 0.253 e. The molecule has 0 aliphatic heterocycles. The highest BCUT2D eigenvalue weighted by Crippen LogP contribution is 2.21. The molecule has 9 heteroatoms. The van der Waals surface area contributed by atoms with Crippen LogP contribution in [0.2, 0.25) is 0 Å². The van der Waals surface area contributed by atoms with E-state index >= 15 is 0 Å². The van der Waals surface area contributed by atoms with Crippen LogP contribution in [-0.2, 0) is 14.8 Å². The molecule has 30 heavy (non-hydrogen) atoms. The van der Waals surface area contributed by atoms with Gasteiger partial charge < -0.3 is 15.0 Å². The van der Waals surface area contributed by atoms with Crippen LogP contribution in [0.25, 0.3) is 0 Å². The first-order valence-electron chi connectivity index (χ1n) is 9.33. The minimum Gasteiger partial charge on any atom is -0.491 e. The molecular weight excluding hydrogens is 406 g/mol. The molecule has 0 aliphatic rings. The lowest BCUT2D eigenvalue weighted by molar-refractivity contribution is -0.114. The van der Waals surface area contributed by atoms with Crippen molar-refractivity contribution >= 4 is 33.2 Å². The van der Waals surface area contributed by atoms with E-state index in [4.69, 9.17) is 4.74 Å². The van der Waals surface area contributed by atoms with Gasteiger partial charge in [0.2, 0.25) is 15.9 Å². The Balaban J connectivity index is 2.17. The van der Waals surface area contributed by atoms with E-state index in [1.54, 1.807) is 38.4 Å². The first kappa shape index (κ1) is 23.2. The Hall–Kier alpha value is -3.07. The van der Waals surface area contributed by atoms with Gasteiger partial charge in [-0.25, -0.2) is 8.42 Å². The van der Waals surface area contributed by atoms with Crippen LogP contribution in [-0.4, -0.2) is 58.1 Å². The van der Waals surface area contributed by atoms with Crippen LogP contribution in [0.5, 0.6) is 5.75 Å². The summed E-state index contributed by atoms with van der Waals surface area (Å²) in [5.41, 5.74) is 1.21. The van der Waals surface area contributed by atoms with Gasteiger partial charge >= 0.3 is 0 Å². The van der Waals surface area contributed by atoms with Crippen LogP contribution in [0.4, 0.5) is 11.4 Å². The average Bonchev–Trinajstić information content (AvgIpc) is 2.64. The molecule has 0 bridgehead atoms. The lowest BCUT2D eigenvalue weighted by Crippen LogP contribution is -2.37. The molecule has 1 N–H and O–H groups in total. The summed E-state index contributed by atoms with van der Waals surface area (Å²) in [5, 5.41) is 2.69. The Bertz CT molecular complexity index is 1000. The zero-order valence-electron chi connectivity index (χ0n) is 17.7. The number of ether oxygens (including phenoxy) is 1. The second-order valence-electron chi connectivity index (χ2n) is 7.26. The number of hydrogen-bond donors (Lipinski definition) is 1. The van der Waals surface area contributed by atoms with Gasteiger partial charge in [0.05, 0.1) is 18.0 Å². The third kappa shape index (κ3) is 6.48. The summed E-state index contributed by atoms with van der Waals surface area (Å²) in [4.78, 5) is 26.0. The highest BCUT2D eigenvalue weighted by molar-refractivity contribution is 7.92. The summed E-state index contributed by atoms with van der Waals surface area (Å²) >= 11 is 0. The first-order valence-corrected chi connectivity index (χ1v) is 11.2. The van der Waals surface area contributed by atoms with E-state index in [1.165, 1.54) is 29.2 Å². The molecule has 2 aromatic carbocycles. The van der Waals surface area contributed by atoms with Gasteiger partial charge in [-0.2, -0.15) is 0 Å². The maximum atomic E-state index is 12.5. The SMILES string of the molecule is CC(C)Oc1cccc(NC(=O)CN(c2ccc(C(=O)N(C)C)cc2)S(C)(=O)=O)c1. The highest BCUT2D eigenvalue weighted by atomic mass is 32.2. The largest absolute Gasteiger partial charge is 0.491 e. The van der Waals surface area contributed by atoms with Crippen molar-refractivity contribution < 1.29 is 22.7 Å². The predicted octanol–water partition coefficient (Wildman–Crippen LogP) is 2.58. The molecule has 0 saturated carbocycles. The lowest BCUT2D eigenvalue weighted by Gasteiger charge is -2.22. The van der Waals surface area contributed by atoms with E-state index in [0.29, 0.717) is 22.7 Å². The van der Waals surface area contributed by atoms with Gasteiger partial charge in [0, 0.05) is 31.4 Å². The summed E-state index contributed by atoms with van der Waals surface area (Å²) in [7, 11) is -0.467. The molecule has 0 aromatic heterocycles. The summed E-state index contributed by atoms with van der Waals surface area (Å²) in [6.45, 7) is 3.38. The lowest BCUT2D eigenvalue weighted by atomic mass is 10.2. The summed E-state index contributed by atoms with van der Waals surface area (Å²) < 4.78 is 31.1. The Kier molecular flexibility index (Phi) is 7.44. The number of nitrogens with one attached hydrogen (secondary N) is 1. The smallest absolute Gasteiger partial charge is 0.253 e. The number of nitrogens with zero attached hydrogens (tertiary/aromatic N) is 2. The van der Waals surface area contributed by atoms with E-state index in [-0.39, 0.29) is 12.0 Å². The van der Waals surface area contributed by atoms with E-state index in [0.717, 1.165) is 10.6 Å². The zero-order chi connectivity index (χ0) is 22.5. The zero-order valence-corrected chi connectivity index (χ0v) is 18.6.